The lowest BCUT2D eigenvalue weighted by atomic mass is 9.77. The van der Waals surface area contributed by atoms with Gasteiger partial charge < -0.3 is 4.74 Å². The van der Waals surface area contributed by atoms with Crippen LogP contribution in [0.5, 0.6) is 0 Å². The highest BCUT2D eigenvalue weighted by Gasteiger charge is 2.39. The van der Waals surface area contributed by atoms with Gasteiger partial charge in [-0.2, -0.15) is 5.26 Å². The Morgan fingerprint density at radius 2 is 2.32 bits per heavy atom. The maximum absolute atomic E-state index is 12.1. The molecule has 22 heavy (non-hydrogen) atoms. The third-order valence-corrected chi connectivity index (χ3v) is 4.14. The molecule has 1 aromatic carbocycles. The third-order valence-electron chi connectivity index (χ3n) is 4.14. The molecule has 0 atom stereocenters. The lowest BCUT2D eigenvalue weighted by Gasteiger charge is -2.39. The minimum Gasteiger partial charge on any atom is -0.378 e. The summed E-state index contributed by atoms with van der Waals surface area (Å²) in [6.45, 7) is 0. The van der Waals surface area contributed by atoms with E-state index in [9.17, 15) is 4.79 Å². The SMILES string of the molecule is COC1(CC(=O)Nc2ncc3cc(C#N)ccc3n2)CCC1. The normalized spacial score (nSPS) is 15.8. The van der Waals surface area contributed by atoms with Gasteiger partial charge in [-0.25, -0.2) is 9.97 Å². The van der Waals surface area contributed by atoms with Crippen LogP contribution in [0.3, 0.4) is 0 Å². The molecule has 2 aromatic rings. The minimum absolute atomic E-state index is 0.144. The first-order valence-electron chi connectivity index (χ1n) is 7.16. The maximum Gasteiger partial charge on any atom is 0.229 e. The number of benzene rings is 1. The number of nitrogens with one attached hydrogen (secondary N) is 1. The molecule has 0 bridgehead atoms. The van der Waals surface area contributed by atoms with Crippen LogP contribution in [0.2, 0.25) is 0 Å². The number of anilines is 1. The summed E-state index contributed by atoms with van der Waals surface area (Å²) in [5.41, 5.74) is 0.928. The molecular weight excluding hydrogens is 280 g/mol. The Labute approximate surface area is 128 Å². The second kappa shape index (κ2) is 5.70. The van der Waals surface area contributed by atoms with E-state index in [0.29, 0.717) is 17.5 Å². The van der Waals surface area contributed by atoms with Gasteiger partial charge in [0.1, 0.15) is 0 Å². The molecule has 1 heterocycles. The molecular formula is C16H16N4O2. The number of nitrogens with zero attached hydrogens (tertiary/aromatic N) is 3. The van der Waals surface area contributed by atoms with Gasteiger partial charge in [0.15, 0.2) is 0 Å². The molecule has 3 rings (SSSR count). The van der Waals surface area contributed by atoms with Crippen molar-refractivity contribution in [3.05, 3.63) is 30.0 Å². The van der Waals surface area contributed by atoms with Crippen molar-refractivity contribution in [2.45, 2.75) is 31.3 Å². The second-order valence-electron chi connectivity index (χ2n) is 5.54. The van der Waals surface area contributed by atoms with Crippen LogP contribution in [0.15, 0.2) is 24.4 Å². The van der Waals surface area contributed by atoms with Crippen molar-refractivity contribution in [3.63, 3.8) is 0 Å². The first-order chi connectivity index (χ1) is 10.6. The fourth-order valence-electron chi connectivity index (χ4n) is 2.65. The van der Waals surface area contributed by atoms with Crippen LogP contribution in [-0.4, -0.2) is 28.6 Å². The van der Waals surface area contributed by atoms with Crippen molar-refractivity contribution in [2.24, 2.45) is 0 Å². The average molecular weight is 296 g/mol. The van der Waals surface area contributed by atoms with E-state index in [2.05, 4.69) is 21.4 Å². The molecule has 1 amide bonds. The standard InChI is InChI=1S/C16H16N4O2/c1-22-16(5-2-6-16)8-14(21)20-15-18-10-12-7-11(9-17)3-4-13(12)19-15/h3-4,7,10H,2,5-6,8H2,1H3,(H,18,19,20,21). The number of carbonyl (C=O) groups excluding carboxylic acids is 1. The molecule has 6 heteroatoms. The number of carbonyl (C=O) groups is 1. The van der Waals surface area contributed by atoms with E-state index in [1.807, 2.05) is 0 Å². The molecule has 0 spiro atoms. The van der Waals surface area contributed by atoms with Crippen LogP contribution in [-0.2, 0) is 9.53 Å². The summed E-state index contributed by atoms with van der Waals surface area (Å²) in [5.74, 6) is 0.127. The second-order valence-corrected chi connectivity index (χ2v) is 5.54. The lowest BCUT2D eigenvalue weighted by Crippen LogP contribution is -2.42. The molecule has 112 valence electrons. The summed E-state index contributed by atoms with van der Waals surface area (Å²) >= 11 is 0. The van der Waals surface area contributed by atoms with Crippen LogP contribution in [0, 0.1) is 11.3 Å². The molecule has 1 aromatic heterocycles. The van der Waals surface area contributed by atoms with E-state index in [1.54, 1.807) is 31.5 Å². The van der Waals surface area contributed by atoms with Crippen molar-refractivity contribution in [2.75, 3.05) is 12.4 Å². The Hall–Kier alpha value is -2.52. The van der Waals surface area contributed by atoms with Gasteiger partial charge in [-0.05, 0) is 37.5 Å². The molecule has 0 aliphatic heterocycles. The van der Waals surface area contributed by atoms with Crippen LogP contribution >= 0.6 is 0 Å². The van der Waals surface area contributed by atoms with E-state index >= 15 is 0 Å². The predicted octanol–water partition coefficient (Wildman–Crippen LogP) is 2.40. The largest absolute Gasteiger partial charge is 0.378 e. The van der Waals surface area contributed by atoms with Gasteiger partial charge >= 0.3 is 0 Å². The Kier molecular flexibility index (Phi) is 3.73. The lowest BCUT2D eigenvalue weighted by molar-refractivity contribution is -0.129. The zero-order valence-electron chi connectivity index (χ0n) is 12.3. The van der Waals surface area contributed by atoms with Gasteiger partial charge in [-0.3, -0.25) is 10.1 Å². The van der Waals surface area contributed by atoms with Gasteiger partial charge in [0.05, 0.1) is 29.2 Å². The first kappa shape index (κ1) is 14.4. The van der Waals surface area contributed by atoms with E-state index in [0.717, 1.165) is 24.6 Å². The fourth-order valence-corrected chi connectivity index (χ4v) is 2.65. The summed E-state index contributed by atoms with van der Waals surface area (Å²) in [7, 11) is 1.64. The van der Waals surface area contributed by atoms with Crippen LogP contribution in [0.4, 0.5) is 5.95 Å². The molecule has 1 saturated carbocycles. The van der Waals surface area contributed by atoms with Crippen LogP contribution in [0.1, 0.15) is 31.2 Å². The zero-order chi connectivity index (χ0) is 15.6. The smallest absolute Gasteiger partial charge is 0.229 e. The maximum atomic E-state index is 12.1. The molecule has 0 radical (unpaired) electrons. The quantitative estimate of drug-likeness (QED) is 0.936. The van der Waals surface area contributed by atoms with E-state index < -0.39 is 0 Å². The minimum atomic E-state index is -0.317. The number of amides is 1. The van der Waals surface area contributed by atoms with Crippen molar-refractivity contribution in [3.8, 4) is 6.07 Å². The zero-order valence-corrected chi connectivity index (χ0v) is 12.3. The number of aromatic nitrogens is 2. The van der Waals surface area contributed by atoms with Crippen LogP contribution < -0.4 is 5.32 Å². The topological polar surface area (TPSA) is 87.9 Å². The number of fused-ring (bicyclic) bond motifs is 1. The monoisotopic (exact) mass is 296 g/mol. The highest BCUT2D eigenvalue weighted by molar-refractivity contribution is 5.91. The number of hydrogen-bond donors (Lipinski definition) is 1. The molecule has 1 N–H and O–H groups in total. The van der Waals surface area contributed by atoms with Gasteiger partial charge in [0, 0.05) is 18.7 Å². The third kappa shape index (κ3) is 2.76. The average Bonchev–Trinajstić information content (AvgIpc) is 2.50. The van der Waals surface area contributed by atoms with E-state index in [4.69, 9.17) is 10.00 Å². The Morgan fingerprint density at radius 3 is 2.95 bits per heavy atom. The van der Waals surface area contributed by atoms with Crippen molar-refractivity contribution in [1.82, 2.24) is 9.97 Å². The summed E-state index contributed by atoms with van der Waals surface area (Å²) in [6, 6.07) is 7.22. The number of hydrogen-bond acceptors (Lipinski definition) is 5. The molecule has 1 aliphatic rings. The summed E-state index contributed by atoms with van der Waals surface area (Å²) in [4.78, 5) is 20.5. The van der Waals surface area contributed by atoms with Crippen molar-refractivity contribution < 1.29 is 9.53 Å². The van der Waals surface area contributed by atoms with E-state index in [1.165, 1.54) is 0 Å². The number of rotatable bonds is 4. The molecule has 6 nitrogen and oxygen atoms in total. The van der Waals surface area contributed by atoms with Crippen molar-refractivity contribution >= 4 is 22.8 Å². The number of nitriles is 1. The first-order valence-corrected chi connectivity index (χ1v) is 7.16. The number of methoxy groups -OCH3 is 1. The number of ether oxygens (including phenoxy) is 1. The van der Waals surface area contributed by atoms with Gasteiger partial charge in [0.25, 0.3) is 0 Å². The highest BCUT2D eigenvalue weighted by Crippen LogP contribution is 2.38. The van der Waals surface area contributed by atoms with Crippen molar-refractivity contribution in [1.29, 1.82) is 5.26 Å². The summed E-state index contributed by atoms with van der Waals surface area (Å²) in [5, 5.41) is 12.4. The Balaban J connectivity index is 1.74. The molecule has 1 fully saturated rings. The Morgan fingerprint density at radius 1 is 1.50 bits per heavy atom. The Bertz CT molecular complexity index is 757. The summed E-state index contributed by atoms with van der Waals surface area (Å²) in [6.07, 6.45) is 4.83. The van der Waals surface area contributed by atoms with Crippen LogP contribution in [0.25, 0.3) is 10.9 Å². The molecule has 0 saturated heterocycles. The van der Waals surface area contributed by atoms with Gasteiger partial charge in [-0.15, -0.1) is 0 Å². The predicted molar refractivity (Wildman–Crippen MR) is 81.1 cm³/mol. The molecule has 1 aliphatic carbocycles. The summed E-state index contributed by atoms with van der Waals surface area (Å²) < 4.78 is 5.45. The van der Waals surface area contributed by atoms with Gasteiger partial charge in [-0.1, -0.05) is 0 Å². The molecule has 0 unspecified atom stereocenters. The van der Waals surface area contributed by atoms with E-state index in [-0.39, 0.29) is 17.5 Å². The fraction of sp³-hybridized carbons (Fsp3) is 0.375. The van der Waals surface area contributed by atoms with Gasteiger partial charge in [0.2, 0.25) is 11.9 Å². The highest BCUT2D eigenvalue weighted by atomic mass is 16.5.